The van der Waals surface area contributed by atoms with Crippen LogP contribution in [0.15, 0.2) is 17.5 Å². The van der Waals surface area contributed by atoms with Gasteiger partial charge in [-0.1, -0.05) is 26.8 Å². The van der Waals surface area contributed by atoms with Gasteiger partial charge >= 0.3 is 0 Å². The van der Waals surface area contributed by atoms with Crippen molar-refractivity contribution in [3.05, 3.63) is 22.4 Å². The van der Waals surface area contributed by atoms with E-state index in [1.165, 1.54) is 11.3 Å². The fraction of sp³-hybridized carbons (Fsp3) is 0.667. The van der Waals surface area contributed by atoms with E-state index in [2.05, 4.69) is 38.3 Å². The van der Waals surface area contributed by atoms with Crippen molar-refractivity contribution in [1.29, 1.82) is 0 Å². The van der Waals surface area contributed by atoms with Gasteiger partial charge in [0.25, 0.3) is 0 Å². The molecule has 1 aliphatic carbocycles. The molecule has 14 heavy (non-hydrogen) atoms. The van der Waals surface area contributed by atoms with E-state index in [9.17, 15) is 0 Å². The van der Waals surface area contributed by atoms with Crippen LogP contribution in [0, 0.1) is 16.7 Å². The summed E-state index contributed by atoms with van der Waals surface area (Å²) in [7, 11) is 0. The van der Waals surface area contributed by atoms with E-state index in [0.717, 1.165) is 6.54 Å². The lowest BCUT2D eigenvalue weighted by Crippen LogP contribution is -2.10. The van der Waals surface area contributed by atoms with Crippen molar-refractivity contribution in [2.45, 2.75) is 27.2 Å². The zero-order chi connectivity index (χ0) is 10.4. The number of thiophene rings is 1. The van der Waals surface area contributed by atoms with Crippen LogP contribution in [-0.2, 0) is 6.42 Å². The first-order valence-corrected chi connectivity index (χ1v) is 6.13. The predicted molar refractivity (Wildman–Crippen MR) is 62.5 cm³/mol. The lowest BCUT2D eigenvalue weighted by molar-refractivity contribution is 0.418. The number of nitrogens with two attached hydrogens (primary N) is 1. The van der Waals surface area contributed by atoms with Crippen LogP contribution in [0.3, 0.4) is 0 Å². The molecule has 2 N–H and O–H groups in total. The van der Waals surface area contributed by atoms with Gasteiger partial charge in [0.05, 0.1) is 0 Å². The van der Waals surface area contributed by atoms with Gasteiger partial charge in [0.1, 0.15) is 0 Å². The molecule has 1 fully saturated rings. The quantitative estimate of drug-likeness (QED) is 0.814. The van der Waals surface area contributed by atoms with Gasteiger partial charge in [-0.15, -0.1) is 11.3 Å². The van der Waals surface area contributed by atoms with E-state index in [1.807, 2.05) is 11.3 Å². The van der Waals surface area contributed by atoms with Crippen LogP contribution in [0.4, 0.5) is 0 Å². The third-order valence-corrected chi connectivity index (χ3v) is 5.26. The second-order valence-corrected chi connectivity index (χ2v) is 6.22. The minimum absolute atomic E-state index is 0.422. The molecule has 2 atom stereocenters. The molecule has 0 aromatic carbocycles. The molecule has 78 valence electrons. The van der Waals surface area contributed by atoms with Crippen LogP contribution in [0.25, 0.3) is 0 Å². The Morgan fingerprint density at radius 3 is 2.57 bits per heavy atom. The molecule has 0 saturated heterocycles. The van der Waals surface area contributed by atoms with E-state index in [-0.39, 0.29) is 0 Å². The molecule has 1 heterocycles. The summed E-state index contributed by atoms with van der Waals surface area (Å²) >= 11 is 1.86. The average molecular weight is 209 g/mol. The SMILES string of the molecule is CC1(C)C(CN)C1(C)Cc1cccs1. The van der Waals surface area contributed by atoms with Gasteiger partial charge in [0.2, 0.25) is 0 Å². The standard InChI is InChI=1S/C12H19NS/c1-11(2)10(8-13)12(11,3)7-9-5-4-6-14-9/h4-6,10H,7-8,13H2,1-3H3. The van der Waals surface area contributed by atoms with E-state index in [0.29, 0.717) is 16.7 Å². The molecule has 0 bridgehead atoms. The lowest BCUT2D eigenvalue weighted by Gasteiger charge is -2.12. The van der Waals surface area contributed by atoms with Gasteiger partial charge in [-0.3, -0.25) is 0 Å². The molecule has 1 aromatic heterocycles. The highest BCUT2D eigenvalue weighted by molar-refractivity contribution is 7.09. The van der Waals surface area contributed by atoms with E-state index in [4.69, 9.17) is 5.73 Å². The number of rotatable bonds is 3. The van der Waals surface area contributed by atoms with Crippen LogP contribution in [0.2, 0.25) is 0 Å². The minimum atomic E-state index is 0.422. The van der Waals surface area contributed by atoms with E-state index >= 15 is 0 Å². The van der Waals surface area contributed by atoms with Crippen LogP contribution < -0.4 is 5.73 Å². The summed E-state index contributed by atoms with van der Waals surface area (Å²) in [4.78, 5) is 1.50. The summed E-state index contributed by atoms with van der Waals surface area (Å²) in [6.07, 6.45) is 1.19. The molecule has 0 radical (unpaired) electrons. The first-order valence-electron chi connectivity index (χ1n) is 5.25. The minimum Gasteiger partial charge on any atom is -0.330 e. The van der Waals surface area contributed by atoms with Crippen molar-refractivity contribution in [2.24, 2.45) is 22.5 Å². The van der Waals surface area contributed by atoms with Gasteiger partial charge < -0.3 is 5.73 Å². The third kappa shape index (κ3) is 1.24. The van der Waals surface area contributed by atoms with Gasteiger partial charge in [0.15, 0.2) is 0 Å². The maximum atomic E-state index is 5.82. The van der Waals surface area contributed by atoms with Crippen molar-refractivity contribution < 1.29 is 0 Å². The monoisotopic (exact) mass is 209 g/mol. The highest BCUT2D eigenvalue weighted by Gasteiger charge is 2.66. The summed E-state index contributed by atoms with van der Waals surface area (Å²) in [6.45, 7) is 7.90. The Morgan fingerprint density at radius 2 is 2.14 bits per heavy atom. The molecule has 1 saturated carbocycles. The largest absolute Gasteiger partial charge is 0.330 e. The fourth-order valence-corrected chi connectivity index (χ4v) is 3.75. The average Bonchev–Trinajstić information content (AvgIpc) is 2.54. The highest BCUT2D eigenvalue weighted by Crippen LogP contribution is 2.69. The summed E-state index contributed by atoms with van der Waals surface area (Å²) in [6, 6.07) is 4.37. The van der Waals surface area contributed by atoms with Gasteiger partial charge in [-0.05, 0) is 41.2 Å². The lowest BCUT2D eigenvalue weighted by atomic mass is 9.94. The van der Waals surface area contributed by atoms with Gasteiger partial charge in [-0.25, -0.2) is 0 Å². The molecule has 1 aromatic rings. The Morgan fingerprint density at radius 1 is 1.43 bits per heavy atom. The molecule has 2 rings (SSSR count). The Bertz CT molecular complexity index is 315. The normalized spacial score (nSPS) is 34.4. The fourth-order valence-electron chi connectivity index (χ4n) is 2.88. The molecule has 0 spiro atoms. The maximum Gasteiger partial charge on any atom is 0.00509 e. The molecule has 1 aliphatic rings. The predicted octanol–water partition coefficient (Wildman–Crippen LogP) is 2.91. The van der Waals surface area contributed by atoms with Crippen LogP contribution in [-0.4, -0.2) is 6.54 Å². The topological polar surface area (TPSA) is 26.0 Å². The third-order valence-electron chi connectivity index (χ3n) is 4.39. The second-order valence-electron chi connectivity index (χ2n) is 5.18. The van der Waals surface area contributed by atoms with Crippen molar-refractivity contribution in [3.8, 4) is 0 Å². The summed E-state index contributed by atoms with van der Waals surface area (Å²) in [5.41, 5.74) is 6.66. The first-order chi connectivity index (χ1) is 6.52. The van der Waals surface area contributed by atoms with Crippen molar-refractivity contribution in [3.63, 3.8) is 0 Å². The molecule has 2 unspecified atom stereocenters. The smallest absolute Gasteiger partial charge is 0.00509 e. The summed E-state index contributed by atoms with van der Waals surface area (Å²) in [5, 5.41) is 2.16. The number of hydrogen-bond donors (Lipinski definition) is 1. The Kier molecular flexibility index (Phi) is 2.24. The molecule has 2 heteroatoms. The van der Waals surface area contributed by atoms with Crippen molar-refractivity contribution in [1.82, 2.24) is 0 Å². The zero-order valence-electron chi connectivity index (χ0n) is 9.21. The highest BCUT2D eigenvalue weighted by atomic mass is 32.1. The number of hydrogen-bond acceptors (Lipinski definition) is 2. The van der Waals surface area contributed by atoms with Crippen LogP contribution in [0.1, 0.15) is 25.6 Å². The summed E-state index contributed by atoms with van der Waals surface area (Å²) in [5.74, 6) is 0.692. The van der Waals surface area contributed by atoms with E-state index in [1.54, 1.807) is 0 Å². The van der Waals surface area contributed by atoms with Crippen LogP contribution >= 0.6 is 11.3 Å². The Balaban J connectivity index is 2.13. The van der Waals surface area contributed by atoms with Gasteiger partial charge in [0, 0.05) is 4.88 Å². The Labute approximate surface area is 90.3 Å². The molecular weight excluding hydrogens is 190 g/mol. The molecule has 0 amide bonds. The zero-order valence-corrected chi connectivity index (χ0v) is 10.0. The molecule has 1 nitrogen and oxygen atoms in total. The summed E-state index contributed by atoms with van der Waals surface area (Å²) < 4.78 is 0. The maximum absolute atomic E-state index is 5.82. The second kappa shape index (κ2) is 3.07. The van der Waals surface area contributed by atoms with Crippen molar-refractivity contribution >= 4 is 11.3 Å². The molecular formula is C12H19NS. The van der Waals surface area contributed by atoms with Crippen molar-refractivity contribution in [2.75, 3.05) is 6.54 Å². The van der Waals surface area contributed by atoms with E-state index < -0.39 is 0 Å². The van der Waals surface area contributed by atoms with Gasteiger partial charge in [-0.2, -0.15) is 0 Å². The first kappa shape index (κ1) is 10.2. The molecule has 0 aliphatic heterocycles. The van der Waals surface area contributed by atoms with Crippen LogP contribution in [0.5, 0.6) is 0 Å². The Hall–Kier alpha value is -0.340.